The van der Waals surface area contributed by atoms with Gasteiger partial charge in [0.15, 0.2) is 0 Å². The molecule has 4 heteroatoms. The van der Waals surface area contributed by atoms with E-state index < -0.39 is 0 Å². The third-order valence-electron chi connectivity index (χ3n) is 2.70. The quantitative estimate of drug-likeness (QED) is 0.671. The van der Waals surface area contributed by atoms with Crippen LogP contribution in [0.5, 0.6) is 0 Å². The summed E-state index contributed by atoms with van der Waals surface area (Å²) in [5, 5.41) is 2.72. The SMILES string of the molecule is CC1(C2CCSC2)CNC(=O)O1. The van der Waals surface area contributed by atoms with Crippen LogP contribution in [-0.2, 0) is 4.74 Å². The Hall–Kier alpha value is -0.380. The highest BCUT2D eigenvalue weighted by Crippen LogP contribution is 2.36. The molecule has 0 aromatic rings. The Labute approximate surface area is 76.2 Å². The first-order chi connectivity index (χ1) is 5.71. The molecule has 0 bridgehead atoms. The fourth-order valence-electron chi connectivity index (χ4n) is 1.78. The summed E-state index contributed by atoms with van der Waals surface area (Å²) in [6.45, 7) is 2.71. The molecule has 2 aliphatic heterocycles. The van der Waals surface area contributed by atoms with Crippen molar-refractivity contribution in [1.29, 1.82) is 0 Å². The Kier molecular flexibility index (Phi) is 1.94. The Morgan fingerprint density at radius 2 is 2.58 bits per heavy atom. The highest BCUT2D eigenvalue weighted by atomic mass is 32.2. The monoisotopic (exact) mass is 187 g/mol. The molecule has 1 amide bonds. The van der Waals surface area contributed by atoms with E-state index in [1.165, 1.54) is 12.2 Å². The summed E-state index contributed by atoms with van der Waals surface area (Å²) in [6, 6.07) is 0. The minimum absolute atomic E-state index is 0.236. The van der Waals surface area contributed by atoms with E-state index in [0.717, 1.165) is 5.75 Å². The maximum atomic E-state index is 10.9. The van der Waals surface area contributed by atoms with E-state index in [2.05, 4.69) is 5.32 Å². The van der Waals surface area contributed by atoms with Gasteiger partial charge in [-0.05, 0) is 24.9 Å². The summed E-state index contributed by atoms with van der Waals surface area (Å²) in [5.41, 5.74) is -0.236. The van der Waals surface area contributed by atoms with E-state index in [0.29, 0.717) is 12.5 Å². The second-order valence-electron chi connectivity index (χ2n) is 3.62. The number of hydrogen-bond acceptors (Lipinski definition) is 3. The number of carbonyl (C=O) groups is 1. The molecule has 68 valence electrons. The summed E-state index contributed by atoms with van der Waals surface area (Å²) >= 11 is 1.95. The largest absolute Gasteiger partial charge is 0.441 e. The van der Waals surface area contributed by atoms with E-state index >= 15 is 0 Å². The molecule has 0 spiro atoms. The van der Waals surface area contributed by atoms with Crippen LogP contribution in [0, 0.1) is 5.92 Å². The molecule has 0 aliphatic carbocycles. The van der Waals surface area contributed by atoms with Crippen LogP contribution in [0.1, 0.15) is 13.3 Å². The van der Waals surface area contributed by atoms with Crippen LogP contribution in [0.25, 0.3) is 0 Å². The Bertz CT molecular complexity index is 203. The van der Waals surface area contributed by atoms with E-state index in [1.54, 1.807) is 0 Å². The predicted molar refractivity (Wildman–Crippen MR) is 48.3 cm³/mol. The lowest BCUT2D eigenvalue weighted by molar-refractivity contribution is 0.0309. The molecule has 0 aromatic heterocycles. The van der Waals surface area contributed by atoms with Gasteiger partial charge in [-0.1, -0.05) is 0 Å². The number of cyclic esters (lactones) is 1. The summed E-state index contributed by atoms with van der Waals surface area (Å²) < 4.78 is 5.27. The highest BCUT2D eigenvalue weighted by Gasteiger charge is 2.43. The molecule has 12 heavy (non-hydrogen) atoms. The Morgan fingerprint density at radius 3 is 3.08 bits per heavy atom. The molecule has 2 atom stereocenters. The lowest BCUT2D eigenvalue weighted by atomic mass is 9.89. The standard InChI is InChI=1S/C8H13NO2S/c1-8(5-9-7(10)11-8)6-2-3-12-4-6/h6H,2-5H2,1H3,(H,9,10). The highest BCUT2D eigenvalue weighted by molar-refractivity contribution is 7.99. The van der Waals surface area contributed by atoms with E-state index in [9.17, 15) is 4.79 Å². The minimum atomic E-state index is -0.255. The fourth-order valence-corrected chi connectivity index (χ4v) is 3.20. The third-order valence-corrected chi connectivity index (χ3v) is 3.87. The van der Waals surface area contributed by atoms with Gasteiger partial charge in [-0.25, -0.2) is 4.79 Å². The van der Waals surface area contributed by atoms with Gasteiger partial charge in [0.05, 0.1) is 6.54 Å². The van der Waals surface area contributed by atoms with Gasteiger partial charge in [0.25, 0.3) is 0 Å². The summed E-state index contributed by atoms with van der Waals surface area (Å²) in [7, 11) is 0. The van der Waals surface area contributed by atoms with Gasteiger partial charge in [-0.15, -0.1) is 0 Å². The molecule has 0 saturated carbocycles. The predicted octanol–water partition coefficient (Wildman–Crippen LogP) is 1.24. The normalized spacial score (nSPS) is 41.1. The van der Waals surface area contributed by atoms with E-state index in [1.807, 2.05) is 18.7 Å². The number of nitrogens with one attached hydrogen (secondary N) is 1. The van der Waals surface area contributed by atoms with E-state index in [4.69, 9.17) is 4.74 Å². The molecule has 2 saturated heterocycles. The number of alkyl carbamates (subject to hydrolysis) is 1. The van der Waals surface area contributed by atoms with Gasteiger partial charge in [-0.2, -0.15) is 11.8 Å². The van der Waals surface area contributed by atoms with Gasteiger partial charge >= 0.3 is 6.09 Å². The van der Waals surface area contributed by atoms with Crippen molar-refractivity contribution in [2.75, 3.05) is 18.1 Å². The van der Waals surface area contributed by atoms with Gasteiger partial charge in [0.1, 0.15) is 5.60 Å². The first-order valence-electron chi connectivity index (χ1n) is 4.25. The fraction of sp³-hybridized carbons (Fsp3) is 0.875. The zero-order valence-corrected chi connectivity index (χ0v) is 7.95. The molecule has 2 aliphatic rings. The molecule has 2 rings (SSSR count). The molecular weight excluding hydrogens is 174 g/mol. The molecule has 0 aromatic carbocycles. The summed E-state index contributed by atoms with van der Waals surface area (Å²) in [5.74, 6) is 2.88. The van der Waals surface area contributed by atoms with Crippen molar-refractivity contribution in [3.05, 3.63) is 0 Å². The van der Waals surface area contributed by atoms with Crippen LogP contribution < -0.4 is 5.32 Å². The van der Waals surface area contributed by atoms with Crippen molar-refractivity contribution in [3.8, 4) is 0 Å². The van der Waals surface area contributed by atoms with Crippen molar-refractivity contribution in [2.45, 2.75) is 18.9 Å². The smallest absolute Gasteiger partial charge is 0.407 e. The molecule has 1 N–H and O–H groups in total. The average Bonchev–Trinajstić information content (AvgIpc) is 2.59. The first-order valence-corrected chi connectivity index (χ1v) is 5.41. The maximum Gasteiger partial charge on any atom is 0.407 e. The van der Waals surface area contributed by atoms with E-state index in [-0.39, 0.29) is 11.7 Å². The lowest BCUT2D eigenvalue weighted by Gasteiger charge is -2.27. The molecule has 2 heterocycles. The summed E-state index contributed by atoms with van der Waals surface area (Å²) in [6.07, 6.45) is 0.922. The van der Waals surface area contributed by atoms with Gasteiger partial charge < -0.3 is 10.1 Å². The molecule has 2 unspecified atom stereocenters. The van der Waals surface area contributed by atoms with Crippen LogP contribution >= 0.6 is 11.8 Å². The first kappa shape index (κ1) is 8.23. The summed E-state index contributed by atoms with van der Waals surface area (Å²) in [4.78, 5) is 10.9. The van der Waals surface area contributed by atoms with Gasteiger partial charge in [0, 0.05) is 5.92 Å². The van der Waals surface area contributed by atoms with Crippen molar-refractivity contribution in [3.63, 3.8) is 0 Å². The van der Waals surface area contributed by atoms with Crippen molar-refractivity contribution in [2.24, 2.45) is 5.92 Å². The minimum Gasteiger partial charge on any atom is -0.441 e. The second kappa shape index (κ2) is 2.83. The number of hydrogen-bond donors (Lipinski definition) is 1. The topological polar surface area (TPSA) is 38.3 Å². The second-order valence-corrected chi connectivity index (χ2v) is 4.77. The van der Waals surface area contributed by atoms with Gasteiger partial charge in [0.2, 0.25) is 0 Å². The molecule has 0 radical (unpaired) electrons. The number of amides is 1. The Morgan fingerprint density at radius 1 is 1.75 bits per heavy atom. The van der Waals surface area contributed by atoms with Crippen molar-refractivity contribution >= 4 is 17.9 Å². The van der Waals surface area contributed by atoms with Crippen LogP contribution in [-0.4, -0.2) is 29.7 Å². The Balaban J connectivity index is 2.05. The number of ether oxygens (including phenoxy) is 1. The number of thioether (sulfide) groups is 1. The lowest BCUT2D eigenvalue weighted by Crippen LogP contribution is -2.38. The average molecular weight is 187 g/mol. The zero-order chi connectivity index (χ0) is 8.60. The molecular formula is C8H13NO2S. The van der Waals surface area contributed by atoms with Crippen molar-refractivity contribution in [1.82, 2.24) is 5.32 Å². The third kappa shape index (κ3) is 1.28. The molecule has 2 fully saturated rings. The van der Waals surface area contributed by atoms with Crippen LogP contribution in [0.4, 0.5) is 4.79 Å². The number of carbonyl (C=O) groups excluding carboxylic acids is 1. The maximum absolute atomic E-state index is 10.9. The van der Waals surface area contributed by atoms with Crippen LogP contribution in [0.2, 0.25) is 0 Å². The van der Waals surface area contributed by atoms with Crippen molar-refractivity contribution < 1.29 is 9.53 Å². The number of rotatable bonds is 1. The van der Waals surface area contributed by atoms with Gasteiger partial charge in [-0.3, -0.25) is 0 Å². The zero-order valence-electron chi connectivity index (χ0n) is 7.13. The van der Waals surface area contributed by atoms with Crippen LogP contribution in [0.15, 0.2) is 0 Å². The molecule has 3 nitrogen and oxygen atoms in total. The van der Waals surface area contributed by atoms with Crippen LogP contribution in [0.3, 0.4) is 0 Å².